The summed E-state index contributed by atoms with van der Waals surface area (Å²) in [4.78, 5) is 26.2. The van der Waals surface area contributed by atoms with Crippen LogP contribution in [0, 0.1) is 5.41 Å². The van der Waals surface area contributed by atoms with Crippen LogP contribution >= 0.6 is 0 Å². The molecule has 0 aliphatic rings. The number of ether oxygens (including phenoxy) is 2. The summed E-state index contributed by atoms with van der Waals surface area (Å²) in [6.45, 7) is 5.72. The van der Waals surface area contributed by atoms with Crippen molar-refractivity contribution in [1.82, 2.24) is 9.47 Å². The zero-order chi connectivity index (χ0) is 18.6. The van der Waals surface area contributed by atoms with Crippen LogP contribution in [0.25, 0.3) is 10.9 Å². The van der Waals surface area contributed by atoms with Crippen LogP contribution in [0.5, 0.6) is 0 Å². The second-order valence-corrected chi connectivity index (χ2v) is 7.30. The highest BCUT2D eigenvalue weighted by atomic mass is 16.7. The lowest BCUT2D eigenvalue weighted by atomic mass is 9.98. The van der Waals surface area contributed by atoms with Gasteiger partial charge in [0.2, 0.25) is 6.79 Å². The molecule has 1 aromatic carbocycles. The van der Waals surface area contributed by atoms with Gasteiger partial charge in [-0.05, 0) is 52.9 Å². The summed E-state index contributed by atoms with van der Waals surface area (Å²) in [5.74, 6) is -0.413. The number of esters is 1. The summed E-state index contributed by atoms with van der Waals surface area (Å²) < 4.78 is 11.6. The Hall–Kier alpha value is -2.34. The fraction of sp³-hybridized carbons (Fsp3) is 0.474. The Morgan fingerprint density at radius 2 is 1.80 bits per heavy atom. The van der Waals surface area contributed by atoms with Crippen LogP contribution in [0.4, 0.5) is 4.79 Å². The van der Waals surface area contributed by atoms with E-state index in [4.69, 9.17) is 9.47 Å². The summed E-state index contributed by atoms with van der Waals surface area (Å²) in [7, 11) is 4.02. The average molecular weight is 346 g/mol. The van der Waals surface area contributed by atoms with Crippen molar-refractivity contribution >= 4 is 23.0 Å². The van der Waals surface area contributed by atoms with Crippen molar-refractivity contribution in [1.29, 1.82) is 0 Å². The molecule has 0 atom stereocenters. The molecule has 0 saturated carbocycles. The van der Waals surface area contributed by atoms with Crippen molar-refractivity contribution < 1.29 is 19.1 Å². The minimum atomic E-state index is -0.633. The number of carbonyl (C=O) groups is 2. The zero-order valence-electron chi connectivity index (χ0n) is 15.5. The number of fused-ring (bicyclic) bond motifs is 1. The number of aromatic nitrogens is 1. The molecule has 0 bridgehead atoms. The van der Waals surface area contributed by atoms with Gasteiger partial charge < -0.3 is 14.4 Å². The maximum atomic E-state index is 12.4. The molecule has 2 rings (SSSR count). The number of carbonyl (C=O) groups excluding carboxylic acids is 2. The summed E-state index contributed by atoms with van der Waals surface area (Å²) in [5.41, 5.74) is 1.22. The number of rotatable bonds is 5. The van der Waals surface area contributed by atoms with Gasteiger partial charge in [-0.2, -0.15) is 0 Å². The van der Waals surface area contributed by atoms with E-state index in [1.165, 1.54) is 4.57 Å². The second kappa shape index (κ2) is 7.70. The fourth-order valence-electron chi connectivity index (χ4n) is 2.36. The first-order valence-electron chi connectivity index (χ1n) is 8.28. The number of hydrogen-bond acceptors (Lipinski definition) is 5. The van der Waals surface area contributed by atoms with Gasteiger partial charge in [-0.25, -0.2) is 4.79 Å². The number of benzene rings is 1. The van der Waals surface area contributed by atoms with Gasteiger partial charge in [0.25, 0.3) is 0 Å². The molecule has 1 heterocycles. The van der Waals surface area contributed by atoms with Gasteiger partial charge in [0, 0.05) is 18.1 Å². The van der Waals surface area contributed by atoms with E-state index in [2.05, 4.69) is 4.90 Å². The molecule has 6 heteroatoms. The molecule has 0 amide bonds. The van der Waals surface area contributed by atoms with E-state index in [1.54, 1.807) is 27.0 Å². The molecule has 0 N–H and O–H groups in total. The lowest BCUT2D eigenvalue weighted by Gasteiger charge is -2.16. The minimum Gasteiger partial charge on any atom is -0.427 e. The van der Waals surface area contributed by atoms with E-state index < -0.39 is 24.3 Å². The minimum absolute atomic E-state index is 0.394. The highest BCUT2D eigenvalue weighted by Crippen LogP contribution is 2.22. The largest absolute Gasteiger partial charge is 0.427 e. The van der Waals surface area contributed by atoms with Gasteiger partial charge in [0.05, 0.1) is 10.9 Å². The van der Waals surface area contributed by atoms with E-state index >= 15 is 0 Å². The Bertz CT molecular complexity index is 756. The first-order valence-corrected chi connectivity index (χ1v) is 8.28. The van der Waals surface area contributed by atoms with E-state index in [0.717, 1.165) is 29.4 Å². The molecule has 0 unspecified atom stereocenters. The number of likely N-dealkylation sites (N-methyl/N-ethyl adjacent to an activating group) is 1. The quantitative estimate of drug-likeness (QED) is 0.614. The van der Waals surface area contributed by atoms with Crippen LogP contribution in [-0.4, -0.2) is 49.0 Å². The van der Waals surface area contributed by atoms with Crippen molar-refractivity contribution in [2.24, 2.45) is 5.41 Å². The molecule has 0 aliphatic carbocycles. The molecule has 0 radical (unpaired) electrons. The average Bonchev–Trinajstić information content (AvgIpc) is 2.90. The molecule has 0 spiro atoms. The van der Waals surface area contributed by atoms with Gasteiger partial charge in [0.1, 0.15) is 0 Å². The number of nitrogens with zero attached hydrogens (tertiary/aromatic N) is 2. The molecule has 0 saturated heterocycles. The Balaban J connectivity index is 2.11. The van der Waals surface area contributed by atoms with Crippen molar-refractivity contribution in [3.63, 3.8) is 0 Å². The molecule has 0 fully saturated rings. The van der Waals surface area contributed by atoms with Crippen LogP contribution < -0.4 is 0 Å². The summed E-state index contributed by atoms with van der Waals surface area (Å²) >= 11 is 0. The molecule has 25 heavy (non-hydrogen) atoms. The van der Waals surface area contributed by atoms with Gasteiger partial charge in [0.15, 0.2) is 0 Å². The first-order chi connectivity index (χ1) is 11.7. The van der Waals surface area contributed by atoms with E-state index in [9.17, 15) is 9.59 Å². The summed E-state index contributed by atoms with van der Waals surface area (Å²) in [5, 5.41) is 1.02. The third-order valence-electron chi connectivity index (χ3n) is 3.80. The molecule has 2 aromatic rings. The molecule has 136 valence electrons. The highest BCUT2D eigenvalue weighted by molar-refractivity contribution is 5.92. The van der Waals surface area contributed by atoms with Gasteiger partial charge in [-0.15, -0.1) is 0 Å². The Labute approximate surface area is 148 Å². The van der Waals surface area contributed by atoms with E-state index in [0.29, 0.717) is 0 Å². The van der Waals surface area contributed by atoms with Gasteiger partial charge in [-0.3, -0.25) is 9.36 Å². The lowest BCUT2D eigenvalue weighted by molar-refractivity contribution is -0.161. The van der Waals surface area contributed by atoms with Crippen LogP contribution in [0.15, 0.2) is 30.5 Å². The maximum Gasteiger partial charge on any atom is 0.421 e. The van der Waals surface area contributed by atoms with Crippen LogP contribution in [0.3, 0.4) is 0 Å². The summed E-state index contributed by atoms with van der Waals surface area (Å²) in [6, 6.07) is 7.68. The normalized spacial score (nSPS) is 11.8. The first kappa shape index (κ1) is 19.0. The molecule has 6 nitrogen and oxygen atoms in total. The predicted octanol–water partition coefficient (Wildman–Crippen LogP) is 3.28. The van der Waals surface area contributed by atoms with Gasteiger partial charge in [-0.1, -0.05) is 18.2 Å². The molecule has 1 aromatic heterocycles. The van der Waals surface area contributed by atoms with Crippen molar-refractivity contribution in [2.45, 2.75) is 27.2 Å². The van der Waals surface area contributed by atoms with Crippen molar-refractivity contribution in [3.05, 3.63) is 36.0 Å². The van der Waals surface area contributed by atoms with Crippen molar-refractivity contribution in [2.75, 3.05) is 27.4 Å². The Morgan fingerprint density at radius 1 is 1.12 bits per heavy atom. The second-order valence-electron chi connectivity index (χ2n) is 7.30. The van der Waals surface area contributed by atoms with Crippen LogP contribution in [-0.2, 0) is 20.7 Å². The van der Waals surface area contributed by atoms with Gasteiger partial charge >= 0.3 is 12.1 Å². The Kier molecular flexibility index (Phi) is 5.85. The SMILES string of the molecule is CN(C)CCc1cn(C(=O)OCOC(=O)C(C)(C)C)c2ccccc12. The standard InChI is InChI=1S/C19H26N2O4/c1-19(2,3)17(22)24-13-25-18(23)21-12-14(10-11-20(4)5)15-8-6-7-9-16(15)21/h6-9,12H,10-11,13H2,1-5H3. The topological polar surface area (TPSA) is 60.8 Å². The zero-order valence-corrected chi connectivity index (χ0v) is 15.5. The maximum absolute atomic E-state index is 12.4. The van der Waals surface area contributed by atoms with E-state index in [-0.39, 0.29) is 0 Å². The number of para-hydroxylation sites is 1. The molecular formula is C19H26N2O4. The number of hydrogen-bond donors (Lipinski definition) is 0. The molecule has 0 aliphatic heterocycles. The monoisotopic (exact) mass is 346 g/mol. The van der Waals surface area contributed by atoms with Crippen molar-refractivity contribution in [3.8, 4) is 0 Å². The predicted molar refractivity (Wildman–Crippen MR) is 96.5 cm³/mol. The third kappa shape index (κ3) is 4.82. The summed E-state index contributed by atoms with van der Waals surface area (Å²) in [6.07, 6.45) is 2.06. The van der Waals surface area contributed by atoms with E-state index in [1.807, 2.05) is 38.4 Å². The Morgan fingerprint density at radius 3 is 2.44 bits per heavy atom. The smallest absolute Gasteiger partial charge is 0.421 e. The van der Waals surface area contributed by atoms with Crippen LogP contribution in [0.2, 0.25) is 0 Å². The fourth-order valence-corrected chi connectivity index (χ4v) is 2.36. The lowest BCUT2D eigenvalue weighted by Crippen LogP contribution is -2.25. The highest BCUT2D eigenvalue weighted by Gasteiger charge is 2.23. The molecular weight excluding hydrogens is 320 g/mol. The van der Waals surface area contributed by atoms with Crippen LogP contribution in [0.1, 0.15) is 26.3 Å². The third-order valence-corrected chi connectivity index (χ3v) is 3.80.